The number of ether oxygens (including phenoxy) is 3. The monoisotopic (exact) mass is 648 g/mol. The summed E-state index contributed by atoms with van der Waals surface area (Å²) < 4.78 is 17.4. The van der Waals surface area contributed by atoms with Gasteiger partial charge in [-0.25, -0.2) is 0 Å². The van der Waals surface area contributed by atoms with E-state index in [1.165, 1.54) is 12.1 Å². The second kappa shape index (κ2) is 17.1. The van der Waals surface area contributed by atoms with E-state index >= 15 is 0 Å². The van der Waals surface area contributed by atoms with Crippen LogP contribution in [0.1, 0.15) is 35.3 Å². The number of nitro benzene ring substituents is 1. The van der Waals surface area contributed by atoms with Crippen molar-refractivity contribution in [1.29, 1.82) is 0 Å². The van der Waals surface area contributed by atoms with Gasteiger partial charge in [0.15, 0.2) is 5.75 Å². The summed E-state index contributed by atoms with van der Waals surface area (Å²) in [6, 6.07) is 40.5. The lowest BCUT2D eigenvalue weighted by Gasteiger charge is -2.34. The molecule has 0 aliphatic rings. The smallest absolute Gasteiger partial charge is 0.314 e. The second-order valence-electron chi connectivity index (χ2n) is 11.6. The van der Waals surface area contributed by atoms with E-state index in [0.29, 0.717) is 18.9 Å². The van der Waals surface area contributed by atoms with E-state index in [-0.39, 0.29) is 43.0 Å². The van der Waals surface area contributed by atoms with Gasteiger partial charge in [-0.05, 0) is 53.4 Å². The summed E-state index contributed by atoms with van der Waals surface area (Å²) in [5, 5.41) is 34.3. The molecular formula is C39H40N2O7. The summed E-state index contributed by atoms with van der Waals surface area (Å²) in [7, 11) is 0. The molecule has 3 atom stereocenters. The number of aliphatic hydroxyl groups is 2. The molecular weight excluding hydrogens is 608 g/mol. The molecule has 0 spiro atoms. The third-order valence-electron chi connectivity index (χ3n) is 7.98. The first-order valence-corrected chi connectivity index (χ1v) is 15.8. The van der Waals surface area contributed by atoms with E-state index in [1.54, 1.807) is 6.07 Å². The molecule has 0 amide bonds. The van der Waals surface area contributed by atoms with Crippen LogP contribution < -0.4 is 14.2 Å². The van der Waals surface area contributed by atoms with Gasteiger partial charge < -0.3 is 24.4 Å². The number of nitrogens with zero attached hydrogens (tertiary/aromatic N) is 2. The maximum Gasteiger partial charge on any atom is 0.314 e. The highest BCUT2D eigenvalue weighted by molar-refractivity contribution is 5.51. The molecule has 0 aromatic heterocycles. The number of rotatable bonds is 17. The molecule has 2 N–H and O–H groups in total. The first kappa shape index (κ1) is 34.1. The average Bonchev–Trinajstić information content (AvgIpc) is 3.13. The summed E-state index contributed by atoms with van der Waals surface area (Å²) in [6.07, 6.45) is -1.80. The molecule has 9 heteroatoms. The molecule has 2 unspecified atom stereocenters. The summed E-state index contributed by atoms with van der Waals surface area (Å²) >= 11 is 0. The van der Waals surface area contributed by atoms with Crippen LogP contribution in [0.3, 0.4) is 0 Å². The highest BCUT2D eigenvalue weighted by Crippen LogP contribution is 2.32. The van der Waals surface area contributed by atoms with Crippen LogP contribution in [-0.4, -0.2) is 45.3 Å². The molecule has 0 heterocycles. The van der Waals surface area contributed by atoms with Crippen molar-refractivity contribution in [1.82, 2.24) is 4.90 Å². The zero-order valence-electron chi connectivity index (χ0n) is 26.8. The van der Waals surface area contributed by atoms with E-state index < -0.39 is 17.1 Å². The molecule has 248 valence electrons. The van der Waals surface area contributed by atoms with Crippen molar-refractivity contribution in [3.63, 3.8) is 0 Å². The van der Waals surface area contributed by atoms with Gasteiger partial charge >= 0.3 is 5.69 Å². The molecule has 5 aromatic rings. The lowest BCUT2D eigenvalue weighted by atomic mass is 10.0. The molecule has 0 aliphatic heterocycles. The van der Waals surface area contributed by atoms with Crippen molar-refractivity contribution < 1.29 is 29.3 Å². The van der Waals surface area contributed by atoms with Crippen molar-refractivity contribution >= 4 is 5.69 Å². The molecule has 0 radical (unpaired) electrons. The molecule has 9 nitrogen and oxygen atoms in total. The van der Waals surface area contributed by atoms with Crippen LogP contribution in [0.4, 0.5) is 5.69 Å². The molecule has 0 bridgehead atoms. The predicted molar refractivity (Wildman–Crippen MR) is 184 cm³/mol. The summed E-state index contributed by atoms with van der Waals surface area (Å²) in [5.74, 6) is 1.07. The highest BCUT2D eigenvalue weighted by atomic mass is 16.6. The molecule has 0 saturated carbocycles. The Hall–Kier alpha value is -5.22. The number of hydrogen-bond acceptors (Lipinski definition) is 8. The normalized spacial score (nSPS) is 13.0. The van der Waals surface area contributed by atoms with E-state index in [0.717, 1.165) is 22.3 Å². The van der Waals surface area contributed by atoms with Gasteiger partial charge in [0, 0.05) is 19.1 Å². The van der Waals surface area contributed by atoms with Crippen LogP contribution in [0.15, 0.2) is 133 Å². The highest BCUT2D eigenvalue weighted by Gasteiger charge is 2.26. The quantitative estimate of drug-likeness (QED) is 0.0810. The molecule has 5 aromatic carbocycles. The zero-order valence-corrected chi connectivity index (χ0v) is 26.8. The van der Waals surface area contributed by atoms with Crippen molar-refractivity contribution in [2.45, 2.75) is 44.9 Å². The van der Waals surface area contributed by atoms with Gasteiger partial charge in [0.2, 0.25) is 0 Å². The standard InChI is InChI=1S/C39H40N2O7/c1-29(39(43)33-17-19-35(20-18-33)46-26-31-13-7-3-8-14-31)40(24-30-11-5-2-6-12-30)25-34(42)28-47-36-21-22-38(37(23-36)41(44)45)48-27-32-15-9-4-10-16-32/h2-23,29,34,39,42-43H,24-28H2,1H3/t29?,34-,39?/m0/s1. The predicted octanol–water partition coefficient (Wildman–Crippen LogP) is 7.12. The van der Waals surface area contributed by atoms with Crippen LogP contribution >= 0.6 is 0 Å². The minimum absolute atomic E-state index is 0.108. The maximum absolute atomic E-state index is 11.8. The Morgan fingerprint density at radius 3 is 1.81 bits per heavy atom. The lowest BCUT2D eigenvalue weighted by molar-refractivity contribution is -0.386. The summed E-state index contributed by atoms with van der Waals surface area (Å²) in [4.78, 5) is 13.3. The van der Waals surface area contributed by atoms with E-state index in [1.807, 2.05) is 127 Å². The zero-order chi connectivity index (χ0) is 33.7. The van der Waals surface area contributed by atoms with Crippen molar-refractivity contribution in [3.05, 3.63) is 166 Å². The van der Waals surface area contributed by atoms with Crippen LogP contribution in [0, 0.1) is 10.1 Å². The fourth-order valence-electron chi connectivity index (χ4n) is 5.28. The van der Waals surface area contributed by atoms with Gasteiger partial charge in [-0.15, -0.1) is 0 Å². The van der Waals surface area contributed by atoms with Gasteiger partial charge in [-0.2, -0.15) is 0 Å². The lowest BCUT2D eigenvalue weighted by Crippen LogP contribution is -2.43. The van der Waals surface area contributed by atoms with Gasteiger partial charge in [0.25, 0.3) is 0 Å². The maximum atomic E-state index is 11.8. The first-order chi connectivity index (χ1) is 23.4. The number of hydrogen-bond donors (Lipinski definition) is 2. The Morgan fingerprint density at radius 1 is 0.688 bits per heavy atom. The average molecular weight is 649 g/mol. The fourth-order valence-corrected chi connectivity index (χ4v) is 5.28. The largest absolute Gasteiger partial charge is 0.491 e. The fraction of sp³-hybridized carbons (Fsp3) is 0.231. The van der Waals surface area contributed by atoms with Gasteiger partial charge in [-0.1, -0.05) is 103 Å². The Kier molecular flexibility index (Phi) is 12.1. The Labute approximate surface area is 280 Å². The first-order valence-electron chi connectivity index (χ1n) is 15.8. The summed E-state index contributed by atoms with van der Waals surface area (Å²) in [5.41, 5.74) is 3.48. The Morgan fingerprint density at radius 2 is 1.23 bits per heavy atom. The van der Waals surface area contributed by atoms with Crippen molar-refractivity contribution in [2.75, 3.05) is 13.2 Å². The minimum atomic E-state index is -0.954. The van der Waals surface area contributed by atoms with Gasteiger partial charge in [-0.3, -0.25) is 15.0 Å². The molecule has 0 saturated heterocycles. The van der Waals surface area contributed by atoms with E-state index in [9.17, 15) is 20.3 Å². The van der Waals surface area contributed by atoms with Crippen molar-refractivity contribution in [2.24, 2.45) is 0 Å². The van der Waals surface area contributed by atoms with Crippen LogP contribution in [0.25, 0.3) is 0 Å². The Bertz CT molecular complexity index is 1700. The van der Waals surface area contributed by atoms with Crippen LogP contribution in [0.2, 0.25) is 0 Å². The van der Waals surface area contributed by atoms with Crippen LogP contribution in [0.5, 0.6) is 17.2 Å². The SMILES string of the molecule is CC(C(O)c1ccc(OCc2ccccc2)cc1)N(Cc1ccccc1)C[C@H](O)COc1ccc(OCc2ccccc2)c([N+](=O)[O-])c1. The third-order valence-corrected chi connectivity index (χ3v) is 7.98. The van der Waals surface area contributed by atoms with E-state index in [2.05, 4.69) is 0 Å². The molecule has 5 rings (SSSR count). The van der Waals surface area contributed by atoms with Gasteiger partial charge in [0.1, 0.15) is 37.4 Å². The molecule has 48 heavy (non-hydrogen) atoms. The van der Waals surface area contributed by atoms with Gasteiger partial charge in [0.05, 0.1) is 17.1 Å². The number of aliphatic hydroxyl groups excluding tert-OH is 2. The third kappa shape index (κ3) is 9.89. The second-order valence-corrected chi connectivity index (χ2v) is 11.6. The van der Waals surface area contributed by atoms with Crippen molar-refractivity contribution in [3.8, 4) is 17.2 Å². The Balaban J connectivity index is 1.21. The minimum Gasteiger partial charge on any atom is -0.491 e. The van der Waals surface area contributed by atoms with Crippen LogP contribution in [-0.2, 0) is 19.8 Å². The van der Waals surface area contributed by atoms with E-state index in [4.69, 9.17) is 14.2 Å². The number of nitro groups is 1. The topological polar surface area (TPSA) is 115 Å². The summed E-state index contributed by atoms with van der Waals surface area (Å²) in [6.45, 7) is 3.11. The molecule has 0 aliphatic carbocycles. The molecule has 0 fully saturated rings. The number of benzene rings is 5.